The number of aromatic nitrogens is 2. The number of fused-ring (bicyclic) bond motifs is 1. The monoisotopic (exact) mass is 301 g/mol. The average molecular weight is 301 g/mol. The van der Waals surface area contributed by atoms with Crippen molar-refractivity contribution in [3.63, 3.8) is 0 Å². The number of hydrogen-bond acceptors (Lipinski definition) is 2. The van der Waals surface area contributed by atoms with Crippen molar-refractivity contribution in [3.05, 3.63) is 30.1 Å². The van der Waals surface area contributed by atoms with Crippen LogP contribution in [0.5, 0.6) is 0 Å². The number of carbonyl (C=O) groups is 1. The fraction of sp³-hybridized carbons (Fsp3) is 0.529. The van der Waals surface area contributed by atoms with Crippen LogP contribution >= 0.6 is 0 Å². The van der Waals surface area contributed by atoms with Gasteiger partial charge in [-0.25, -0.2) is 9.13 Å². The van der Waals surface area contributed by atoms with Crippen LogP contribution in [-0.4, -0.2) is 34.5 Å². The molecule has 0 aliphatic carbocycles. The molecule has 0 unspecified atom stereocenters. The topological polar surface area (TPSA) is 55.1 Å². The molecule has 0 saturated carbocycles. The molecule has 0 bridgehead atoms. The Balaban J connectivity index is 1.92. The summed E-state index contributed by atoms with van der Waals surface area (Å²) in [6, 6.07) is 6.29. The zero-order chi connectivity index (χ0) is 15.7. The molecular weight excluding hydrogens is 276 g/mol. The summed E-state index contributed by atoms with van der Waals surface area (Å²) in [5.41, 5.74) is 9.01. The van der Waals surface area contributed by atoms with E-state index < -0.39 is 0 Å². The van der Waals surface area contributed by atoms with Crippen molar-refractivity contribution < 1.29 is 9.36 Å². The van der Waals surface area contributed by atoms with Gasteiger partial charge in [-0.15, -0.1) is 0 Å². The Morgan fingerprint density at radius 2 is 2.05 bits per heavy atom. The summed E-state index contributed by atoms with van der Waals surface area (Å²) < 4.78 is 4.41. The number of carbonyl (C=O) groups excluding carboxylic acids is 1. The minimum absolute atomic E-state index is 0.126. The van der Waals surface area contributed by atoms with E-state index in [-0.39, 0.29) is 11.9 Å². The Labute approximate surface area is 131 Å². The molecular formula is C17H25N4O+. The number of likely N-dealkylation sites (tertiary alicyclic amines) is 1. The van der Waals surface area contributed by atoms with Crippen LogP contribution in [0.25, 0.3) is 11.0 Å². The Morgan fingerprint density at radius 3 is 2.68 bits per heavy atom. The van der Waals surface area contributed by atoms with Gasteiger partial charge < -0.3 is 10.6 Å². The number of imidazole rings is 1. The largest absolute Gasteiger partial charge is 0.339 e. The van der Waals surface area contributed by atoms with Gasteiger partial charge in [-0.3, -0.25) is 4.79 Å². The lowest BCUT2D eigenvalue weighted by Crippen LogP contribution is -2.42. The molecule has 1 aliphatic rings. The fourth-order valence-corrected chi connectivity index (χ4v) is 3.21. The zero-order valence-electron chi connectivity index (χ0n) is 13.5. The molecule has 5 nitrogen and oxygen atoms in total. The van der Waals surface area contributed by atoms with Gasteiger partial charge in [0.2, 0.25) is 6.33 Å². The third kappa shape index (κ3) is 2.61. The van der Waals surface area contributed by atoms with E-state index in [1.807, 2.05) is 17.0 Å². The molecule has 0 spiro atoms. The van der Waals surface area contributed by atoms with Gasteiger partial charge in [0.15, 0.2) is 11.0 Å². The summed E-state index contributed by atoms with van der Waals surface area (Å²) in [5, 5.41) is 0. The summed E-state index contributed by atoms with van der Waals surface area (Å²) in [4.78, 5) is 14.6. The molecule has 3 rings (SSSR count). The van der Waals surface area contributed by atoms with Crippen molar-refractivity contribution in [1.29, 1.82) is 0 Å². The first-order valence-electron chi connectivity index (χ1n) is 8.21. The van der Waals surface area contributed by atoms with E-state index in [1.54, 1.807) is 0 Å². The molecule has 0 atom stereocenters. The Morgan fingerprint density at radius 1 is 1.32 bits per heavy atom. The molecule has 0 radical (unpaired) electrons. The van der Waals surface area contributed by atoms with Crippen LogP contribution in [0.2, 0.25) is 0 Å². The van der Waals surface area contributed by atoms with Crippen molar-refractivity contribution >= 4 is 16.9 Å². The van der Waals surface area contributed by atoms with Crippen LogP contribution in [-0.2, 0) is 13.1 Å². The number of amides is 1. The van der Waals surface area contributed by atoms with Crippen LogP contribution in [0.4, 0.5) is 0 Å². The van der Waals surface area contributed by atoms with E-state index in [4.69, 9.17) is 5.73 Å². The van der Waals surface area contributed by atoms with Crippen LogP contribution in [0.1, 0.15) is 37.0 Å². The molecule has 1 aromatic heterocycles. The van der Waals surface area contributed by atoms with Crippen molar-refractivity contribution in [2.75, 3.05) is 13.1 Å². The molecule has 22 heavy (non-hydrogen) atoms. The number of benzene rings is 1. The Hall–Kier alpha value is -1.88. The maximum absolute atomic E-state index is 12.7. The van der Waals surface area contributed by atoms with Gasteiger partial charge in [-0.2, -0.15) is 0 Å². The van der Waals surface area contributed by atoms with Gasteiger partial charge in [-0.05, 0) is 38.8 Å². The maximum Gasteiger partial charge on any atom is 0.254 e. The third-order valence-electron chi connectivity index (χ3n) is 4.63. The highest BCUT2D eigenvalue weighted by Crippen LogP contribution is 2.18. The standard InChI is InChI=1S/C17H25N4O/c1-3-19-12-20(4-2)16-11-13(5-6-15(16)19)17(22)21-9-7-14(18)8-10-21/h5-6,11-12,14H,3-4,7-10,18H2,1-2H3/q+1. The van der Waals surface area contributed by atoms with Gasteiger partial charge in [0, 0.05) is 30.8 Å². The molecule has 1 fully saturated rings. The minimum Gasteiger partial charge on any atom is -0.339 e. The highest BCUT2D eigenvalue weighted by molar-refractivity contribution is 5.97. The van der Waals surface area contributed by atoms with Gasteiger partial charge >= 0.3 is 0 Å². The van der Waals surface area contributed by atoms with E-state index in [9.17, 15) is 4.79 Å². The zero-order valence-corrected chi connectivity index (χ0v) is 13.5. The first-order chi connectivity index (χ1) is 10.6. The molecule has 1 saturated heterocycles. The lowest BCUT2D eigenvalue weighted by Gasteiger charge is -2.30. The molecule has 1 aromatic carbocycles. The normalized spacial score (nSPS) is 16.4. The average Bonchev–Trinajstić information content (AvgIpc) is 2.92. The van der Waals surface area contributed by atoms with Crippen LogP contribution < -0.4 is 10.3 Å². The highest BCUT2D eigenvalue weighted by atomic mass is 16.2. The van der Waals surface area contributed by atoms with E-state index in [1.165, 1.54) is 5.52 Å². The summed E-state index contributed by atoms with van der Waals surface area (Å²) in [6.45, 7) is 7.62. The molecule has 2 aromatic rings. The number of piperidine rings is 1. The van der Waals surface area contributed by atoms with Crippen LogP contribution in [0, 0.1) is 0 Å². The molecule has 5 heteroatoms. The predicted molar refractivity (Wildman–Crippen MR) is 86.6 cm³/mol. The number of aryl methyl sites for hydroxylation is 2. The second-order valence-corrected chi connectivity index (χ2v) is 6.02. The fourth-order valence-electron chi connectivity index (χ4n) is 3.21. The molecule has 118 valence electrons. The van der Waals surface area contributed by atoms with E-state index >= 15 is 0 Å². The summed E-state index contributed by atoms with van der Waals surface area (Å²) in [6.07, 6.45) is 3.92. The van der Waals surface area contributed by atoms with E-state index in [0.29, 0.717) is 0 Å². The quantitative estimate of drug-likeness (QED) is 0.874. The van der Waals surface area contributed by atoms with Crippen LogP contribution in [0.3, 0.4) is 0 Å². The van der Waals surface area contributed by atoms with E-state index in [0.717, 1.165) is 50.1 Å². The third-order valence-corrected chi connectivity index (χ3v) is 4.63. The lowest BCUT2D eigenvalue weighted by molar-refractivity contribution is -0.668. The summed E-state index contributed by atoms with van der Waals surface area (Å²) >= 11 is 0. The maximum atomic E-state index is 12.7. The number of hydrogen-bond donors (Lipinski definition) is 1. The smallest absolute Gasteiger partial charge is 0.254 e. The molecule has 2 N–H and O–H groups in total. The van der Waals surface area contributed by atoms with Gasteiger partial charge in [0.25, 0.3) is 5.91 Å². The first-order valence-corrected chi connectivity index (χ1v) is 8.21. The summed E-state index contributed by atoms with van der Waals surface area (Å²) in [7, 11) is 0. The predicted octanol–water partition coefficient (Wildman–Crippen LogP) is 1.53. The minimum atomic E-state index is 0.126. The SMILES string of the molecule is CCn1c[n+](CC)c2ccc(C(=O)N3CCC(N)CC3)cc21. The highest BCUT2D eigenvalue weighted by Gasteiger charge is 2.23. The Bertz CT molecular complexity index is 683. The molecule has 1 aliphatic heterocycles. The van der Waals surface area contributed by atoms with Crippen molar-refractivity contribution in [2.24, 2.45) is 5.73 Å². The number of rotatable bonds is 3. The molecule has 1 amide bonds. The second-order valence-electron chi connectivity index (χ2n) is 6.02. The number of nitrogens with zero attached hydrogens (tertiary/aromatic N) is 3. The van der Waals surface area contributed by atoms with Crippen LogP contribution in [0.15, 0.2) is 24.5 Å². The molecule has 2 heterocycles. The van der Waals surface area contributed by atoms with Gasteiger partial charge in [0.1, 0.15) is 0 Å². The Kier molecular flexibility index (Phi) is 4.16. The van der Waals surface area contributed by atoms with Crippen molar-refractivity contribution in [3.8, 4) is 0 Å². The van der Waals surface area contributed by atoms with Gasteiger partial charge in [0.05, 0.1) is 13.1 Å². The lowest BCUT2D eigenvalue weighted by atomic mass is 10.0. The van der Waals surface area contributed by atoms with Gasteiger partial charge in [-0.1, -0.05) is 0 Å². The van der Waals surface area contributed by atoms with Crippen molar-refractivity contribution in [1.82, 2.24) is 9.47 Å². The first kappa shape index (κ1) is 15.0. The second kappa shape index (κ2) is 6.08. The number of nitrogens with two attached hydrogens (primary N) is 1. The summed E-state index contributed by atoms with van der Waals surface area (Å²) in [5.74, 6) is 0.126. The van der Waals surface area contributed by atoms with E-state index in [2.05, 4.69) is 35.4 Å². The van der Waals surface area contributed by atoms with Crippen molar-refractivity contribution in [2.45, 2.75) is 45.8 Å².